The first-order chi connectivity index (χ1) is 14.5. The van der Waals surface area contributed by atoms with Crippen LogP contribution in [0.2, 0.25) is 0 Å². The normalized spacial score (nSPS) is 13.3. The molecule has 30 heavy (non-hydrogen) atoms. The summed E-state index contributed by atoms with van der Waals surface area (Å²) in [6.07, 6.45) is 3.23. The predicted octanol–water partition coefficient (Wildman–Crippen LogP) is 4.08. The van der Waals surface area contributed by atoms with Crippen molar-refractivity contribution in [2.75, 3.05) is 31.8 Å². The van der Waals surface area contributed by atoms with Crippen LogP contribution in [-0.2, 0) is 19.1 Å². The lowest BCUT2D eigenvalue weighted by molar-refractivity contribution is -0.136. The van der Waals surface area contributed by atoms with Gasteiger partial charge in [-0.05, 0) is 67.3 Å². The zero-order valence-electron chi connectivity index (χ0n) is 17.6. The molecule has 0 aromatic heterocycles. The Labute approximate surface area is 177 Å². The minimum atomic E-state index is -0.373. The Hall–Kier alpha value is -3.12. The number of ether oxygens (including phenoxy) is 3. The van der Waals surface area contributed by atoms with Crippen molar-refractivity contribution in [3.63, 3.8) is 0 Å². The van der Waals surface area contributed by atoms with E-state index in [1.54, 1.807) is 11.0 Å². The molecule has 1 aliphatic heterocycles. The summed E-state index contributed by atoms with van der Waals surface area (Å²) in [4.78, 5) is 25.2. The van der Waals surface area contributed by atoms with Crippen molar-refractivity contribution in [1.82, 2.24) is 0 Å². The van der Waals surface area contributed by atoms with Gasteiger partial charge >= 0.3 is 5.97 Å². The van der Waals surface area contributed by atoms with Crippen LogP contribution in [0.15, 0.2) is 48.0 Å². The van der Waals surface area contributed by atoms with Gasteiger partial charge in [-0.15, -0.1) is 0 Å². The average molecular weight is 409 g/mol. The smallest absolute Gasteiger partial charge is 0.333 e. The van der Waals surface area contributed by atoms with Gasteiger partial charge in [-0.2, -0.15) is 0 Å². The van der Waals surface area contributed by atoms with Crippen molar-refractivity contribution in [1.29, 1.82) is 0 Å². The minimum absolute atomic E-state index is 0.188. The molecular weight excluding hydrogens is 382 g/mol. The van der Waals surface area contributed by atoms with Gasteiger partial charge in [-0.25, -0.2) is 4.79 Å². The van der Waals surface area contributed by atoms with Crippen molar-refractivity contribution >= 4 is 24.1 Å². The summed E-state index contributed by atoms with van der Waals surface area (Å²) < 4.78 is 16.1. The molecule has 1 amide bonds. The summed E-state index contributed by atoms with van der Waals surface area (Å²) in [5.41, 5.74) is 4.13. The molecule has 1 heterocycles. The summed E-state index contributed by atoms with van der Waals surface area (Å²) in [7, 11) is 1.36. The third kappa shape index (κ3) is 5.27. The highest BCUT2D eigenvalue weighted by Gasteiger charge is 2.20. The Kier molecular flexibility index (Phi) is 7.25. The summed E-state index contributed by atoms with van der Waals surface area (Å²) in [5, 5.41) is 0. The zero-order chi connectivity index (χ0) is 21.5. The van der Waals surface area contributed by atoms with Gasteiger partial charge in [0.15, 0.2) is 0 Å². The van der Waals surface area contributed by atoms with Crippen LogP contribution in [0.4, 0.5) is 5.69 Å². The number of rotatable bonds is 8. The van der Waals surface area contributed by atoms with Crippen LogP contribution < -0.4 is 9.64 Å². The van der Waals surface area contributed by atoms with Gasteiger partial charge < -0.3 is 19.1 Å². The van der Waals surface area contributed by atoms with E-state index in [-0.39, 0.29) is 12.1 Å². The molecular formula is C24H27NO5. The molecule has 1 aliphatic rings. The largest absolute Gasteiger partial charge is 0.491 e. The molecule has 0 atom stereocenters. The maximum atomic E-state index is 12.0. The predicted molar refractivity (Wildman–Crippen MR) is 116 cm³/mol. The molecule has 0 N–H and O–H groups in total. The van der Waals surface area contributed by atoms with Crippen LogP contribution in [0, 0.1) is 0 Å². The number of methoxy groups -OCH3 is 1. The molecule has 0 saturated heterocycles. The molecule has 6 heteroatoms. The standard InChI is InChI=1S/C24H27NO5/c1-17(2)29-12-13-30-22-7-4-18(5-8-22)19-6-9-23-21(14-19)15-20(24(27)28-3)10-11-25(23)16-26/h4-9,14-17H,10-13H2,1-3H3. The number of carbonyl (C=O) groups is 2. The molecule has 0 bridgehead atoms. The minimum Gasteiger partial charge on any atom is -0.491 e. The SMILES string of the molecule is COC(=O)C1=Cc2cc(-c3ccc(OCCOC(C)C)cc3)ccc2N(C=O)CC1. The fourth-order valence-corrected chi connectivity index (χ4v) is 3.32. The zero-order valence-corrected chi connectivity index (χ0v) is 17.6. The molecule has 0 radical (unpaired) electrons. The third-order valence-corrected chi connectivity index (χ3v) is 4.85. The fourth-order valence-electron chi connectivity index (χ4n) is 3.32. The van der Waals surface area contributed by atoms with Gasteiger partial charge in [-0.3, -0.25) is 4.79 Å². The van der Waals surface area contributed by atoms with E-state index in [2.05, 4.69) is 0 Å². The number of benzene rings is 2. The Morgan fingerprint density at radius 1 is 1.10 bits per heavy atom. The molecule has 0 unspecified atom stereocenters. The topological polar surface area (TPSA) is 65.1 Å². The second-order valence-electron chi connectivity index (χ2n) is 7.28. The van der Waals surface area contributed by atoms with E-state index in [1.807, 2.05) is 56.3 Å². The highest BCUT2D eigenvalue weighted by atomic mass is 16.5. The second-order valence-corrected chi connectivity index (χ2v) is 7.28. The number of amides is 1. The fraction of sp³-hybridized carbons (Fsp3) is 0.333. The monoisotopic (exact) mass is 409 g/mol. The van der Waals surface area contributed by atoms with E-state index in [4.69, 9.17) is 14.2 Å². The molecule has 0 spiro atoms. The second kappa shape index (κ2) is 10.1. The van der Waals surface area contributed by atoms with Crippen LogP contribution in [0.1, 0.15) is 25.8 Å². The van der Waals surface area contributed by atoms with E-state index < -0.39 is 0 Å². The quantitative estimate of drug-likeness (QED) is 0.373. The molecule has 0 aliphatic carbocycles. The van der Waals surface area contributed by atoms with Crippen LogP contribution >= 0.6 is 0 Å². The van der Waals surface area contributed by atoms with Crippen LogP contribution in [0.25, 0.3) is 17.2 Å². The van der Waals surface area contributed by atoms with Gasteiger partial charge in [-0.1, -0.05) is 18.2 Å². The van der Waals surface area contributed by atoms with E-state index in [0.717, 1.165) is 34.5 Å². The molecule has 3 rings (SSSR count). The number of esters is 1. The lowest BCUT2D eigenvalue weighted by Gasteiger charge is -2.18. The lowest BCUT2D eigenvalue weighted by Crippen LogP contribution is -2.23. The molecule has 158 valence electrons. The number of anilines is 1. The summed E-state index contributed by atoms with van der Waals surface area (Å²) in [6, 6.07) is 13.7. The molecule has 2 aromatic carbocycles. The number of fused-ring (bicyclic) bond motifs is 1. The number of carbonyl (C=O) groups excluding carboxylic acids is 2. The van der Waals surface area contributed by atoms with E-state index in [1.165, 1.54) is 7.11 Å². The van der Waals surface area contributed by atoms with Gasteiger partial charge in [0, 0.05) is 12.1 Å². The van der Waals surface area contributed by atoms with Crippen molar-refractivity contribution < 1.29 is 23.8 Å². The maximum Gasteiger partial charge on any atom is 0.333 e. The number of hydrogen-bond donors (Lipinski definition) is 0. The first kappa shape index (κ1) is 21.6. The van der Waals surface area contributed by atoms with E-state index in [9.17, 15) is 9.59 Å². The Morgan fingerprint density at radius 3 is 2.50 bits per heavy atom. The Bertz CT molecular complexity index is 918. The Morgan fingerprint density at radius 2 is 1.83 bits per heavy atom. The summed E-state index contributed by atoms with van der Waals surface area (Å²) >= 11 is 0. The van der Waals surface area contributed by atoms with E-state index >= 15 is 0 Å². The molecule has 2 aromatic rings. The Balaban J connectivity index is 1.81. The van der Waals surface area contributed by atoms with Crippen LogP contribution in [-0.4, -0.2) is 45.4 Å². The molecule has 6 nitrogen and oxygen atoms in total. The first-order valence-electron chi connectivity index (χ1n) is 10.0. The van der Waals surface area contributed by atoms with Crippen LogP contribution in [0.5, 0.6) is 5.75 Å². The number of nitrogens with zero attached hydrogens (tertiary/aromatic N) is 1. The number of hydrogen-bond acceptors (Lipinski definition) is 5. The lowest BCUT2D eigenvalue weighted by atomic mass is 10.0. The van der Waals surface area contributed by atoms with Gasteiger partial charge in [0.2, 0.25) is 6.41 Å². The summed E-state index contributed by atoms with van der Waals surface area (Å²) in [6.45, 7) is 5.47. The molecule has 0 saturated carbocycles. The van der Waals surface area contributed by atoms with Crippen molar-refractivity contribution in [2.45, 2.75) is 26.4 Å². The van der Waals surface area contributed by atoms with Crippen LogP contribution in [0.3, 0.4) is 0 Å². The van der Waals surface area contributed by atoms with E-state index in [0.29, 0.717) is 31.8 Å². The van der Waals surface area contributed by atoms with Gasteiger partial charge in [0.25, 0.3) is 0 Å². The molecule has 0 fully saturated rings. The summed E-state index contributed by atoms with van der Waals surface area (Å²) in [5.74, 6) is 0.405. The van der Waals surface area contributed by atoms with Gasteiger partial charge in [0.1, 0.15) is 12.4 Å². The highest BCUT2D eigenvalue weighted by Crippen LogP contribution is 2.32. The third-order valence-electron chi connectivity index (χ3n) is 4.85. The maximum absolute atomic E-state index is 12.0. The van der Waals surface area contributed by atoms with Crippen molar-refractivity contribution in [3.8, 4) is 16.9 Å². The first-order valence-corrected chi connectivity index (χ1v) is 10.0. The van der Waals surface area contributed by atoms with Gasteiger partial charge in [0.05, 0.1) is 25.5 Å². The highest BCUT2D eigenvalue weighted by molar-refractivity contribution is 5.97. The average Bonchev–Trinajstić information content (AvgIpc) is 2.95. The van der Waals surface area contributed by atoms with Crippen molar-refractivity contribution in [3.05, 3.63) is 53.6 Å². The van der Waals surface area contributed by atoms with Crippen molar-refractivity contribution in [2.24, 2.45) is 0 Å².